The normalized spacial score (nSPS) is 25.9. The van der Waals surface area contributed by atoms with Gasteiger partial charge in [0, 0.05) is 30.4 Å². The summed E-state index contributed by atoms with van der Waals surface area (Å²) in [6, 6.07) is 8.14. The predicted molar refractivity (Wildman–Crippen MR) is 92.5 cm³/mol. The van der Waals surface area contributed by atoms with E-state index in [-0.39, 0.29) is 11.9 Å². The molecule has 3 atom stereocenters. The monoisotopic (exact) mass is 343 g/mol. The summed E-state index contributed by atoms with van der Waals surface area (Å²) in [5, 5.41) is 7.46. The van der Waals surface area contributed by atoms with Crippen LogP contribution in [0.3, 0.4) is 0 Å². The van der Waals surface area contributed by atoms with Crippen LogP contribution in [0.15, 0.2) is 35.7 Å². The van der Waals surface area contributed by atoms with Gasteiger partial charge in [0.2, 0.25) is 0 Å². The van der Waals surface area contributed by atoms with Crippen LogP contribution < -0.4 is 5.73 Å². The molecule has 1 aliphatic carbocycles. The van der Waals surface area contributed by atoms with E-state index in [4.69, 9.17) is 5.73 Å². The van der Waals surface area contributed by atoms with Gasteiger partial charge < -0.3 is 10.6 Å². The van der Waals surface area contributed by atoms with Crippen LogP contribution in [0.1, 0.15) is 28.8 Å². The minimum Gasteiger partial charge on any atom is -0.338 e. The Morgan fingerprint density at radius 2 is 2.12 bits per heavy atom. The van der Waals surface area contributed by atoms with Gasteiger partial charge in [0.1, 0.15) is 6.33 Å². The Morgan fingerprint density at radius 1 is 1.29 bits per heavy atom. The van der Waals surface area contributed by atoms with E-state index in [9.17, 15) is 4.79 Å². The highest BCUT2D eigenvalue weighted by Crippen LogP contribution is 2.37. The van der Waals surface area contributed by atoms with Crippen molar-refractivity contribution >= 4 is 17.7 Å². The zero-order valence-electron chi connectivity index (χ0n) is 13.4. The van der Waals surface area contributed by atoms with E-state index in [1.807, 2.05) is 29.2 Å². The fraction of sp³-hybridized carbons (Fsp3) is 0.471. The maximum absolute atomic E-state index is 12.7. The lowest BCUT2D eigenvalue weighted by molar-refractivity contribution is 0.0779. The molecule has 1 aromatic carbocycles. The van der Waals surface area contributed by atoms with E-state index in [0.29, 0.717) is 11.8 Å². The van der Waals surface area contributed by atoms with E-state index in [0.717, 1.165) is 48.0 Å². The van der Waals surface area contributed by atoms with Crippen LogP contribution in [-0.4, -0.2) is 45.1 Å². The zero-order chi connectivity index (χ0) is 16.5. The molecule has 2 heterocycles. The van der Waals surface area contributed by atoms with Gasteiger partial charge in [-0.25, -0.2) is 4.98 Å². The Bertz CT molecular complexity index is 702. The number of hydrogen-bond acceptors (Lipinski definition) is 5. The fourth-order valence-electron chi connectivity index (χ4n) is 3.81. The minimum absolute atomic E-state index is 0.131. The number of aromatic nitrogens is 3. The van der Waals surface area contributed by atoms with Crippen LogP contribution in [0.2, 0.25) is 0 Å². The number of nitrogens with one attached hydrogen (secondary N) is 1. The van der Waals surface area contributed by atoms with Crippen molar-refractivity contribution in [3.05, 3.63) is 41.7 Å². The van der Waals surface area contributed by atoms with E-state index in [1.54, 1.807) is 11.8 Å². The Kier molecular flexibility index (Phi) is 4.28. The molecule has 1 saturated heterocycles. The summed E-state index contributed by atoms with van der Waals surface area (Å²) in [6.45, 7) is 1.67. The number of thioether (sulfide) groups is 1. The van der Waals surface area contributed by atoms with Crippen molar-refractivity contribution in [2.75, 3.05) is 13.1 Å². The van der Waals surface area contributed by atoms with Crippen molar-refractivity contribution < 1.29 is 4.79 Å². The van der Waals surface area contributed by atoms with E-state index >= 15 is 0 Å². The maximum Gasteiger partial charge on any atom is 0.253 e. The van der Waals surface area contributed by atoms with Gasteiger partial charge >= 0.3 is 0 Å². The second-order valence-electron chi connectivity index (χ2n) is 6.65. The summed E-state index contributed by atoms with van der Waals surface area (Å²) < 4.78 is 0. The molecule has 0 radical (unpaired) electrons. The molecule has 126 valence electrons. The molecule has 4 rings (SSSR count). The molecule has 2 aromatic rings. The number of rotatable bonds is 4. The number of carbonyl (C=O) groups excluding carboxylic acids is 1. The third kappa shape index (κ3) is 3.06. The number of H-pyrrole nitrogens is 1. The van der Waals surface area contributed by atoms with Gasteiger partial charge in [-0.05, 0) is 42.4 Å². The molecular formula is C17H21N5OS. The molecule has 24 heavy (non-hydrogen) atoms. The Morgan fingerprint density at radius 3 is 2.83 bits per heavy atom. The van der Waals surface area contributed by atoms with Crippen molar-refractivity contribution in [3.63, 3.8) is 0 Å². The number of aromatic amines is 1. The zero-order valence-corrected chi connectivity index (χ0v) is 14.2. The Balaban J connectivity index is 1.37. The van der Waals surface area contributed by atoms with Crippen LogP contribution >= 0.6 is 11.8 Å². The molecule has 1 aromatic heterocycles. The Labute approximate surface area is 145 Å². The number of carbonyl (C=O) groups is 1. The average Bonchev–Trinajstić information content (AvgIpc) is 3.32. The minimum atomic E-state index is 0.131. The first kappa shape index (κ1) is 15.7. The molecule has 7 heteroatoms. The fourth-order valence-corrected chi connectivity index (χ4v) is 4.55. The summed E-state index contributed by atoms with van der Waals surface area (Å²) in [7, 11) is 0. The van der Waals surface area contributed by atoms with Crippen molar-refractivity contribution in [2.45, 2.75) is 29.8 Å². The van der Waals surface area contributed by atoms with Crippen molar-refractivity contribution in [1.29, 1.82) is 0 Å². The number of nitrogens with two attached hydrogens (primary N) is 1. The van der Waals surface area contributed by atoms with Crippen LogP contribution in [0.5, 0.6) is 0 Å². The molecule has 6 nitrogen and oxygen atoms in total. The van der Waals surface area contributed by atoms with Gasteiger partial charge in [-0.2, -0.15) is 5.10 Å². The van der Waals surface area contributed by atoms with E-state index in [1.165, 1.54) is 6.33 Å². The van der Waals surface area contributed by atoms with Crippen molar-refractivity contribution in [3.8, 4) is 0 Å². The molecule has 0 bridgehead atoms. The first-order valence-corrected chi connectivity index (χ1v) is 9.31. The Hall–Kier alpha value is -1.86. The molecule has 2 fully saturated rings. The number of hydrogen-bond donors (Lipinski definition) is 2. The average molecular weight is 343 g/mol. The number of benzene rings is 1. The quantitative estimate of drug-likeness (QED) is 0.828. The third-order valence-corrected chi connectivity index (χ3v) is 6.12. The molecule has 2 aliphatic rings. The SMILES string of the molecule is NC1CCC2CN(C(=O)c3ccc(CSc4ncn[nH]4)cc3)CC12. The van der Waals surface area contributed by atoms with Gasteiger partial charge in [0.25, 0.3) is 5.91 Å². The highest BCUT2D eigenvalue weighted by atomic mass is 32.2. The summed E-state index contributed by atoms with van der Waals surface area (Å²) in [4.78, 5) is 18.8. The number of likely N-dealkylation sites (tertiary alicyclic amines) is 1. The molecule has 3 unspecified atom stereocenters. The lowest BCUT2D eigenvalue weighted by Gasteiger charge is -2.19. The summed E-state index contributed by atoms with van der Waals surface area (Å²) in [5.74, 6) is 2.02. The molecule has 1 aliphatic heterocycles. The second kappa shape index (κ2) is 6.57. The first-order chi connectivity index (χ1) is 11.7. The van der Waals surface area contributed by atoms with Crippen LogP contribution in [0.25, 0.3) is 0 Å². The molecular weight excluding hydrogens is 322 g/mol. The van der Waals surface area contributed by atoms with Gasteiger partial charge in [-0.15, -0.1) is 0 Å². The summed E-state index contributed by atoms with van der Waals surface area (Å²) in [6.07, 6.45) is 3.77. The van der Waals surface area contributed by atoms with Crippen LogP contribution in [0.4, 0.5) is 0 Å². The van der Waals surface area contributed by atoms with Crippen molar-refractivity contribution in [2.24, 2.45) is 17.6 Å². The lowest BCUT2D eigenvalue weighted by atomic mass is 9.98. The van der Waals surface area contributed by atoms with Crippen molar-refractivity contribution in [1.82, 2.24) is 20.1 Å². The van der Waals surface area contributed by atoms with Gasteiger partial charge in [-0.1, -0.05) is 23.9 Å². The number of nitrogens with zero attached hydrogens (tertiary/aromatic N) is 3. The second-order valence-corrected chi connectivity index (χ2v) is 7.62. The number of fused-ring (bicyclic) bond motifs is 1. The maximum atomic E-state index is 12.7. The smallest absolute Gasteiger partial charge is 0.253 e. The topological polar surface area (TPSA) is 87.9 Å². The lowest BCUT2D eigenvalue weighted by Crippen LogP contribution is -2.33. The molecule has 1 amide bonds. The highest BCUT2D eigenvalue weighted by molar-refractivity contribution is 7.98. The van der Waals surface area contributed by atoms with E-state index < -0.39 is 0 Å². The largest absolute Gasteiger partial charge is 0.338 e. The standard InChI is InChI=1S/C17H21N5OS/c18-15-6-5-13-7-22(8-14(13)15)16(23)12-3-1-11(2-4-12)9-24-17-19-10-20-21-17/h1-4,10,13-15H,5-9,18H2,(H,19,20,21). The highest BCUT2D eigenvalue weighted by Gasteiger charge is 2.42. The number of amides is 1. The molecule has 3 N–H and O–H groups in total. The van der Waals surface area contributed by atoms with Gasteiger partial charge in [0.05, 0.1) is 0 Å². The summed E-state index contributed by atoms with van der Waals surface area (Å²) >= 11 is 1.59. The first-order valence-electron chi connectivity index (χ1n) is 8.32. The predicted octanol–water partition coefficient (Wildman–Crippen LogP) is 1.91. The van der Waals surface area contributed by atoms with Gasteiger partial charge in [-0.3, -0.25) is 9.89 Å². The summed E-state index contributed by atoms with van der Waals surface area (Å²) in [5.41, 5.74) is 8.08. The molecule has 0 spiro atoms. The van der Waals surface area contributed by atoms with Gasteiger partial charge in [0.15, 0.2) is 5.16 Å². The van der Waals surface area contributed by atoms with Crippen LogP contribution in [0, 0.1) is 11.8 Å². The van der Waals surface area contributed by atoms with E-state index in [2.05, 4.69) is 15.2 Å². The molecule has 1 saturated carbocycles. The third-order valence-electron chi connectivity index (χ3n) is 5.17. The van der Waals surface area contributed by atoms with Crippen LogP contribution in [-0.2, 0) is 5.75 Å².